The number of sulfone groups is 1. The predicted octanol–water partition coefficient (Wildman–Crippen LogP) is 1.28. The Bertz CT molecular complexity index is 1150. The summed E-state index contributed by atoms with van der Waals surface area (Å²) in [5.41, 5.74) is 1.05. The summed E-state index contributed by atoms with van der Waals surface area (Å²) in [6.07, 6.45) is 0.223. The second kappa shape index (κ2) is 7.71. The molecule has 1 atom stereocenters. The number of carbonyl (C=O) groups is 1. The van der Waals surface area contributed by atoms with Crippen molar-refractivity contribution in [2.45, 2.75) is 17.4 Å². The van der Waals surface area contributed by atoms with Gasteiger partial charge in [-0.25, -0.2) is 21.6 Å². The van der Waals surface area contributed by atoms with Crippen LogP contribution in [0.15, 0.2) is 53.4 Å². The molecule has 0 saturated carbocycles. The quantitative estimate of drug-likeness (QED) is 0.750. The zero-order valence-electron chi connectivity index (χ0n) is 14.6. The Kier molecular flexibility index (Phi) is 5.51. The second-order valence-electron chi connectivity index (χ2n) is 6.39. The number of hydrogen-bond donors (Lipinski definition) is 2. The summed E-state index contributed by atoms with van der Waals surface area (Å²) >= 11 is 0. The van der Waals surface area contributed by atoms with Gasteiger partial charge in [0.1, 0.15) is 0 Å². The molecule has 0 radical (unpaired) electrons. The van der Waals surface area contributed by atoms with Gasteiger partial charge in [0, 0.05) is 17.3 Å². The molecule has 146 valence electrons. The van der Waals surface area contributed by atoms with E-state index < -0.39 is 31.8 Å². The number of benzene rings is 2. The first-order chi connectivity index (χ1) is 13.2. The number of nitrogens with one attached hydrogen (secondary N) is 2. The van der Waals surface area contributed by atoms with Crippen molar-refractivity contribution in [3.63, 3.8) is 0 Å². The van der Waals surface area contributed by atoms with Gasteiger partial charge in [0.2, 0.25) is 10.0 Å². The number of nitriles is 1. The maximum Gasteiger partial charge on any atom is 0.255 e. The lowest BCUT2D eigenvalue weighted by atomic mass is 10.2. The van der Waals surface area contributed by atoms with E-state index >= 15 is 0 Å². The van der Waals surface area contributed by atoms with Crippen LogP contribution in [0, 0.1) is 11.3 Å². The van der Waals surface area contributed by atoms with E-state index in [0.29, 0.717) is 11.3 Å². The second-order valence-corrected chi connectivity index (χ2v) is 10.3. The van der Waals surface area contributed by atoms with Gasteiger partial charge < -0.3 is 5.32 Å². The molecule has 28 heavy (non-hydrogen) atoms. The maximum atomic E-state index is 12.5. The van der Waals surface area contributed by atoms with Crippen molar-refractivity contribution in [2.75, 3.05) is 16.8 Å². The van der Waals surface area contributed by atoms with Gasteiger partial charge in [0.05, 0.1) is 28.0 Å². The van der Waals surface area contributed by atoms with Crippen LogP contribution in [0.3, 0.4) is 0 Å². The normalized spacial score (nSPS) is 18.3. The van der Waals surface area contributed by atoms with Gasteiger partial charge >= 0.3 is 0 Å². The summed E-state index contributed by atoms with van der Waals surface area (Å²) in [4.78, 5) is 12.3. The SMILES string of the molecule is N#Cc1ccc(NC(=O)c2cccc(S(=O)(=O)NC3CCS(=O)(=O)C3)c2)cc1. The van der Waals surface area contributed by atoms with E-state index in [1.807, 2.05) is 6.07 Å². The van der Waals surface area contributed by atoms with Crippen LogP contribution in [0.25, 0.3) is 0 Å². The summed E-state index contributed by atoms with van der Waals surface area (Å²) in [6.45, 7) is 0. The van der Waals surface area contributed by atoms with Crippen molar-refractivity contribution < 1.29 is 21.6 Å². The first-order valence-corrected chi connectivity index (χ1v) is 11.6. The van der Waals surface area contributed by atoms with Crippen LogP contribution in [0.4, 0.5) is 5.69 Å². The van der Waals surface area contributed by atoms with Crippen molar-refractivity contribution in [1.82, 2.24) is 4.72 Å². The van der Waals surface area contributed by atoms with Crippen molar-refractivity contribution in [3.05, 3.63) is 59.7 Å². The molecule has 0 aromatic heterocycles. The molecule has 0 bridgehead atoms. The van der Waals surface area contributed by atoms with Crippen molar-refractivity contribution in [2.24, 2.45) is 0 Å². The largest absolute Gasteiger partial charge is 0.322 e. The molecule has 0 spiro atoms. The molecule has 2 aromatic carbocycles. The van der Waals surface area contributed by atoms with E-state index in [2.05, 4.69) is 10.0 Å². The van der Waals surface area contributed by atoms with Gasteiger partial charge in [0.15, 0.2) is 9.84 Å². The van der Waals surface area contributed by atoms with E-state index in [0.717, 1.165) is 0 Å². The van der Waals surface area contributed by atoms with Crippen molar-refractivity contribution >= 4 is 31.5 Å². The molecule has 8 nitrogen and oxygen atoms in total. The summed E-state index contributed by atoms with van der Waals surface area (Å²) in [5, 5.41) is 11.4. The Labute approximate surface area is 163 Å². The number of hydrogen-bond acceptors (Lipinski definition) is 6. The number of rotatable bonds is 5. The molecular weight excluding hydrogens is 402 g/mol. The molecule has 1 unspecified atom stereocenters. The molecule has 3 rings (SSSR count). The van der Waals surface area contributed by atoms with Crippen molar-refractivity contribution in [3.8, 4) is 6.07 Å². The standard InChI is InChI=1S/C18H17N3O5S2/c19-11-13-4-6-15(7-5-13)20-18(22)14-2-1-3-17(10-14)28(25,26)21-16-8-9-27(23,24)12-16/h1-7,10,16,21H,8-9,12H2,(H,20,22). The topological polar surface area (TPSA) is 133 Å². The fourth-order valence-electron chi connectivity index (χ4n) is 2.81. The first-order valence-electron chi connectivity index (χ1n) is 8.33. The van der Waals surface area contributed by atoms with E-state index in [1.54, 1.807) is 24.3 Å². The fraction of sp³-hybridized carbons (Fsp3) is 0.222. The fourth-order valence-corrected chi connectivity index (χ4v) is 5.91. The Morgan fingerprint density at radius 3 is 2.46 bits per heavy atom. The monoisotopic (exact) mass is 419 g/mol. The van der Waals surface area contributed by atoms with Gasteiger partial charge in [-0.1, -0.05) is 6.07 Å². The number of sulfonamides is 1. The lowest BCUT2D eigenvalue weighted by molar-refractivity contribution is 0.102. The smallest absolute Gasteiger partial charge is 0.255 e. The Hall–Kier alpha value is -2.74. The third-order valence-corrected chi connectivity index (χ3v) is 7.52. The average Bonchev–Trinajstić information content (AvgIpc) is 3.00. The molecule has 0 aliphatic carbocycles. The highest BCUT2D eigenvalue weighted by Crippen LogP contribution is 2.18. The molecular formula is C18H17N3O5S2. The number of nitrogens with zero attached hydrogens (tertiary/aromatic N) is 1. The van der Waals surface area contributed by atoms with Gasteiger partial charge in [-0.3, -0.25) is 4.79 Å². The number of amides is 1. The highest BCUT2D eigenvalue weighted by Gasteiger charge is 2.31. The summed E-state index contributed by atoms with van der Waals surface area (Å²) in [7, 11) is -7.18. The summed E-state index contributed by atoms with van der Waals surface area (Å²) in [5.74, 6) is -0.789. The Morgan fingerprint density at radius 2 is 1.86 bits per heavy atom. The van der Waals surface area contributed by atoms with Crippen LogP contribution < -0.4 is 10.0 Å². The molecule has 2 aromatic rings. The van der Waals surface area contributed by atoms with Gasteiger partial charge in [-0.15, -0.1) is 0 Å². The highest BCUT2D eigenvalue weighted by atomic mass is 32.2. The van der Waals surface area contributed by atoms with E-state index in [4.69, 9.17) is 5.26 Å². The van der Waals surface area contributed by atoms with E-state index in [9.17, 15) is 21.6 Å². The van der Waals surface area contributed by atoms with Gasteiger partial charge in [-0.05, 0) is 48.9 Å². The van der Waals surface area contributed by atoms with Crippen LogP contribution in [-0.2, 0) is 19.9 Å². The molecule has 1 aliphatic heterocycles. The third-order valence-electron chi connectivity index (χ3n) is 4.23. The lowest BCUT2D eigenvalue weighted by Gasteiger charge is -2.12. The minimum absolute atomic E-state index is 0.0484. The number of anilines is 1. The molecule has 1 saturated heterocycles. The molecule has 1 aliphatic rings. The zero-order chi connectivity index (χ0) is 20.4. The predicted molar refractivity (Wildman–Crippen MR) is 103 cm³/mol. The molecule has 10 heteroatoms. The molecule has 1 amide bonds. The Morgan fingerprint density at radius 1 is 1.14 bits per heavy atom. The first kappa shape index (κ1) is 20.0. The average molecular weight is 419 g/mol. The minimum Gasteiger partial charge on any atom is -0.322 e. The summed E-state index contributed by atoms with van der Waals surface area (Å²) in [6, 6.07) is 13.0. The molecule has 1 heterocycles. The van der Waals surface area contributed by atoms with Crippen LogP contribution >= 0.6 is 0 Å². The van der Waals surface area contributed by atoms with Crippen LogP contribution in [0.1, 0.15) is 22.3 Å². The summed E-state index contributed by atoms with van der Waals surface area (Å²) < 4.78 is 50.5. The van der Waals surface area contributed by atoms with Crippen LogP contribution in [-0.4, -0.2) is 40.3 Å². The minimum atomic E-state index is -3.96. The van der Waals surface area contributed by atoms with Gasteiger partial charge in [0.25, 0.3) is 5.91 Å². The van der Waals surface area contributed by atoms with Gasteiger partial charge in [-0.2, -0.15) is 5.26 Å². The Balaban J connectivity index is 1.75. The maximum absolute atomic E-state index is 12.5. The van der Waals surface area contributed by atoms with E-state index in [-0.39, 0.29) is 28.4 Å². The lowest BCUT2D eigenvalue weighted by Crippen LogP contribution is -2.35. The number of carbonyl (C=O) groups excluding carboxylic acids is 1. The van der Waals surface area contributed by atoms with Crippen LogP contribution in [0.2, 0.25) is 0 Å². The highest BCUT2D eigenvalue weighted by molar-refractivity contribution is 7.92. The van der Waals surface area contributed by atoms with Crippen LogP contribution in [0.5, 0.6) is 0 Å². The third kappa shape index (κ3) is 4.75. The molecule has 2 N–H and O–H groups in total. The zero-order valence-corrected chi connectivity index (χ0v) is 16.3. The molecule has 1 fully saturated rings. The van der Waals surface area contributed by atoms with E-state index in [1.165, 1.54) is 24.3 Å². The van der Waals surface area contributed by atoms with Crippen molar-refractivity contribution in [1.29, 1.82) is 5.26 Å².